The Morgan fingerprint density at radius 3 is 2.41 bits per heavy atom. The molecule has 0 spiro atoms. The van der Waals surface area contributed by atoms with E-state index in [1.165, 1.54) is 0 Å². The Hall–Kier alpha value is -1.92. The SMILES string of the molecule is CCCN1C(=O)C(=O)N(CC(=O)N[C@H]2CCCC[C@@H]2C)C1=O. The number of rotatable bonds is 5. The van der Waals surface area contributed by atoms with Gasteiger partial charge in [0.25, 0.3) is 0 Å². The number of amides is 5. The van der Waals surface area contributed by atoms with Crippen LogP contribution in [0.5, 0.6) is 0 Å². The number of urea groups is 1. The molecule has 1 aliphatic heterocycles. The van der Waals surface area contributed by atoms with Crippen LogP contribution in [0.1, 0.15) is 46.0 Å². The molecule has 1 aliphatic carbocycles. The second kappa shape index (κ2) is 6.89. The summed E-state index contributed by atoms with van der Waals surface area (Å²) < 4.78 is 0. The summed E-state index contributed by atoms with van der Waals surface area (Å²) in [6.07, 6.45) is 4.78. The quantitative estimate of drug-likeness (QED) is 0.603. The van der Waals surface area contributed by atoms with Crippen molar-refractivity contribution in [2.45, 2.75) is 52.0 Å². The molecule has 1 heterocycles. The number of nitrogens with zero attached hydrogens (tertiary/aromatic N) is 2. The van der Waals surface area contributed by atoms with Crippen LogP contribution in [-0.2, 0) is 14.4 Å². The van der Waals surface area contributed by atoms with Gasteiger partial charge in [-0.1, -0.05) is 26.7 Å². The van der Waals surface area contributed by atoms with Crippen LogP contribution in [0.25, 0.3) is 0 Å². The minimum absolute atomic E-state index is 0.0801. The maximum absolute atomic E-state index is 12.1. The molecule has 0 aromatic rings. The van der Waals surface area contributed by atoms with E-state index in [1.807, 2.05) is 6.92 Å². The van der Waals surface area contributed by atoms with Crippen LogP contribution < -0.4 is 5.32 Å². The zero-order valence-electron chi connectivity index (χ0n) is 13.1. The maximum Gasteiger partial charge on any atom is 0.334 e. The first-order valence-electron chi connectivity index (χ1n) is 7.92. The van der Waals surface area contributed by atoms with Gasteiger partial charge in [0.15, 0.2) is 0 Å². The van der Waals surface area contributed by atoms with Crippen LogP contribution in [0.4, 0.5) is 4.79 Å². The van der Waals surface area contributed by atoms with E-state index in [2.05, 4.69) is 12.2 Å². The van der Waals surface area contributed by atoms with Gasteiger partial charge in [-0.3, -0.25) is 19.3 Å². The number of hydrogen-bond acceptors (Lipinski definition) is 4. The fraction of sp³-hybridized carbons (Fsp3) is 0.733. The molecule has 2 rings (SSSR count). The lowest BCUT2D eigenvalue weighted by atomic mass is 9.86. The first-order chi connectivity index (χ1) is 10.5. The van der Waals surface area contributed by atoms with E-state index in [1.54, 1.807) is 0 Å². The molecular formula is C15H23N3O4. The molecule has 7 heteroatoms. The fourth-order valence-corrected chi connectivity index (χ4v) is 3.04. The Morgan fingerprint density at radius 1 is 1.14 bits per heavy atom. The predicted octanol–water partition coefficient (Wildman–Crippen LogP) is 0.882. The van der Waals surface area contributed by atoms with Gasteiger partial charge in [-0.25, -0.2) is 9.69 Å². The van der Waals surface area contributed by atoms with Crippen LogP contribution >= 0.6 is 0 Å². The Kier molecular flexibility index (Phi) is 5.15. The van der Waals surface area contributed by atoms with Crippen molar-refractivity contribution in [3.63, 3.8) is 0 Å². The Morgan fingerprint density at radius 2 is 1.77 bits per heavy atom. The van der Waals surface area contributed by atoms with Crippen molar-refractivity contribution in [2.24, 2.45) is 5.92 Å². The normalized spacial score (nSPS) is 25.8. The first-order valence-corrected chi connectivity index (χ1v) is 7.92. The average Bonchev–Trinajstić information content (AvgIpc) is 2.68. The summed E-state index contributed by atoms with van der Waals surface area (Å²) in [6, 6.07) is -0.611. The van der Waals surface area contributed by atoms with E-state index in [0.29, 0.717) is 12.3 Å². The van der Waals surface area contributed by atoms with Gasteiger partial charge < -0.3 is 5.32 Å². The topological polar surface area (TPSA) is 86.8 Å². The molecule has 5 amide bonds. The minimum atomic E-state index is -0.912. The zero-order chi connectivity index (χ0) is 16.3. The van der Waals surface area contributed by atoms with Gasteiger partial charge in [0.05, 0.1) is 0 Å². The molecule has 0 aromatic carbocycles. The van der Waals surface area contributed by atoms with E-state index in [-0.39, 0.29) is 25.0 Å². The lowest BCUT2D eigenvalue weighted by Gasteiger charge is -2.29. The second-order valence-corrected chi connectivity index (χ2v) is 6.07. The zero-order valence-corrected chi connectivity index (χ0v) is 13.1. The average molecular weight is 309 g/mol. The minimum Gasteiger partial charge on any atom is -0.352 e. The Bertz CT molecular complexity index is 491. The molecule has 7 nitrogen and oxygen atoms in total. The summed E-state index contributed by atoms with van der Waals surface area (Å²) in [5.74, 6) is -1.75. The molecule has 0 aromatic heterocycles. The van der Waals surface area contributed by atoms with Crippen molar-refractivity contribution in [3.05, 3.63) is 0 Å². The highest BCUT2D eigenvalue weighted by atomic mass is 16.2. The van der Waals surface area contributed by atoms with E-state index < -0.39 is 17.8 Å². The summed E-state index contributed by atoms with van der Waals surface area (Å²) >= 11 is 0. The summed E-state index contributed by atoms with van der Waals surface area (Å²) in [5.41, 5.74) is 0. The third-order valence-electron chi connectivity index (χ3n) is 4.34. The molecule has 2 fully saturated rings. The lowest BCUT2D eigenvalue weighted by molar-refractivity contribution is -0.144. The van der Waals surface area contributed by atoms with Crippen LogP contribution in [0, 0.1) is 5.92 Å². The summed E-state index contributed by atoms with van der Waals surface area (Å²) in [5, 5.41) is 2.88. The molecule has 122 valence electrons. The van der Waals surface area contributed by atoms with Crippen molar-refractivity contribution in [1.29, 1.82) is 0 Å². The smallest absolute Gasteiger partial charge is 0.334 e. The highest BCUT2D eigenvalue weighted by molar-refractivity contribution is 6.45. The number of carbonyl (C=O) groups is 4. The van der Waals surface area contributed by atoms with Crippen LogP contribution in [0.15, 0.2) is 0 Å². The summed E-state index contributed by atoms with van der Waals surface area (Å²) in [4.78, 5) is 49.3. The highest BCUT2D eigenvalue weighted by Crippen LogP contribution is 2.23. The molecule has 1 N–H and O–H groups in total. The van der Waals surface area contributed by atoms with E-state index in [4.69, 9.17) is 0 Å². The van der Waals surface area contributed by atoms with Crippen molar-refractivity contribution in [3.8, 4) is 0 Å². The molecule has 2 atom stereocenters. The molecule has 1 saturated carbocycles. The fourth-order valence-electron chi connectivity index (χ4n) is 3.04. The second-order valence-electron chi connectivity index (χ2n) is 6.07. The van der Waals surface area contributed by atoms with E-state index >= 15 is 0 Å². The van der Waals surface area contributed by atoms with Gasteiger partial charge in [-0.2, -0.15) is 0 Å². The molecule has 0 radical (unpaired) electrons. The number of imide groups is 2. The monoisotopic (exact) mass is 309 g/mol. The third kappa shape index (κ3) is 3.28. The number of hydrogen-bond donors (Lipinski definition) is 1. The maximum atomic E-state index is 12.1. The van der Waals surface area contributed by atoms with Crippen molar-refractivity contribution in [2.75, 3.05) is 13.1 Å². The summed E-state index contributed by atoms with van der Waals surface area (Å²) in [6.45, 7) is 3.71. The molecule has 0 bridgehead atoms. The third-order valence-corrected chi connectivity index (χ3v) is 4.34. The van der Waals surface area contributed by atoms with Crippen molar-refractivity contribution in [1.82, 2.24) is 15.1 Å². The van der Waals surface area contributed by atoms with Gasteiger partial charge in [0.1, 0.15) is 6.54 Å². The highest BCUT2D eigenvalue weighted by Gasteiger charge is 2.44. The standard InChI is InChI=1S/C15H23N3O4/c1-3-8-17-13(20)14(21)18(15(17)22)9-12(19)16-11-7-5-4-6-10(11)2/h10-11H,3-9H2,1-2H3,(H,16,19)/t10-,11-/m0/s1. The molecular weight excluding hydrogens is 286 g/mol. The van der Waals surface area contributed by atoms with E-state index in [0.717, 1.165) is 35.5 Å². The lowest BCUT2D eigenvalue weighted by Crippen LogP contribution is -2.47. The molecule has 2 aliphatic rings. The van der Waals surface area contributed by atoms with Crippen molar-refractivity contribution >= 4 is 23.8 Å². The molecule has 22 heavy (non-hydrogen) atoms. The van der Waals surface area contributed by atoms with Gasteiger partial charge in [-0.15, -0.1) is 0 Å². The van der Waals surface area contributed by atoms with Crippen molar-refractivity contribution < 1.29 is 19.2 Å². The van der Waals surface area contributed by atoms with Gasteiger partial charge in [0, 0.05) is 12.6 Å². The summed E-state index contributed by atoms with van der Waals surface area (Å²) in [7, 11) is 0. The van der Waals surface area contributed by atoms with E-state index in [9.17, 15) is 19.2 Å². The van der Waals surface area contributed by atoms with Crippen LogP contribution in [-0.4, -0.2) is 52.7 Å². The largest absolute Gasteiger partial charge is 0.352 e. The number of nitrogens with one attached hydrogen (secondary N) is 1. The van der Waals surface area contributed by atoms with Gasteiger partial charge >= 0.3 is 17.8 Å². The number of carbonyl (C=O) groups excluding carboxylic acids is 4. The van der Waals surface area contributed by atoms with Gasteiger partial charge in [0.2, 0.25) is 5.91 Å². The van der Waals surface area contributed by atoms with Crippen LogP contribution in [0.3, 0.4) is 0 Å². The predicted molar refractivity (Wildman–Crippen MR) is 78.7 cm³/mol. The van der Waals surface area contributed by atoms with Crippen LogP contribution in [0.2, 0.25) is 0 Å². The first kappa shape index (κ1) is 16.5. The van der Waals surface area contributed by atoms with Gasteiger partial charge in [-0.05, 0) is 25.2 Å². The Balaban J connectivity index is 1.94. The Labute approximate surface area is 130 Å². The molecule has 0 unspecified atom stereocenters. The molecule has 1 saturated heterocycles.